The average molecular weight is 477 g/mol. The Hall–Kier alpha value is -2.28. The third-order valence-corrected chi connectivity index (χ3v) is 7.13. The van der Waals surface area contributed by atoms with Crippen molar-refractivity contribution in [2.75, 3.05) is 31.6 Å². The van der Waals surface area contributed by atoms with Gasteiger partial charge in [0.25, 0.3) is 5.91 Å². The zero-order valence-electron chi connectivity index (χ0n) is 18.2. The summed E-state index contributed by atoms with van der Waals surface area (Å²) in [6.45, 7) is 1.95. The molecule has 8 heteroatoms. The first-order valence-corrected chi connectivity index (χ1v) is 11.2. The van der Waals surface area contributed by atoms with Gasteiger partial charge in [0.2, 0.25) is 0 Å². The molecule has 0 bridgehead atoms. The van der Waals surface area contributed by atoms with Crippen molar-refractivity contribution in [2.24, 2.45) is 5.73 Å². The predicted octanol–water partition coefficient (Wildman–Crippen LogP) is 4.20. The Bertz CT molecular complexity index is 959. The number of amides is 3. The molecule has 4 rings (SSSR count). The SMILES string of the molecule is CNC(=O)c1ccc(N2CCN([C@H]3CC[C@@](CN)(c4cccc(Cl)c4)CC3)C2=O)cc1.Cl. The minimum Gasteiger partial charge on any atom is -0.355 e. The van der Waals surface area contributed by atoms with Crippen molar-refractivity contribution < 1.29 is 9.59 Å². The van der Waals surface area contributed by atoms with Gasteiger partial charge in [0.15, 0.2) is 0 Å². The van der Waals surface area contributed by atoms with E-state index in [-0.39, 0.29) is 35.8 Å². The van der Waals surface area contributed by atoms with Gasteiger partial charge >= 0.3 is 6.03 Å². The summed E-state index contributed by atoms with van der Waals surface area (Å²) in [6, 6.07) is 15.5. The highest BCUT2D eigenvalue weighted by atomic mass is 35.5. The molecule has 0 radical (unpaired) electrons. The van der Waals surface area contributed by atoms with Gasteiger partial charge in [-0.3, -0.25) is 9.69 Å². The van der Waals surface area contributed by atoms with Crippen LogP contribution in [0.1, 0.15) is 41.6 Å². The van der Waals surface area contributed by atoms with Crippen LogP contribution in [0.2, 0.25) is 5.02 Å². The van der Waals surface area contributed by atoms with E-state index in [4.69, 9.17) is 17.3 Å². The Morgan fingerprint density at radius 2 is 1.84 bits per heavy atom. The molecule has 1 heterocycles. The molecule has 3 N–H and O–H groups in total. The number of nitrogens with two attached hydrogens (primary N) is 1. The molecule has 32 heavy (non-hydrogen) atoms. The summed E-state index contributed by atoms with van der Waals surface area (Å²) in [7, 11) is 1.61. The van der Waals surface area contributed by atoms with Crippen LogP contribution in [0.4, 0.5) is 10.5 Å². The number of nitrogens with zero attached hydrogens (tertiary/aromatic N) is 2. The Kier molecular flexibility index (Phi) is 7.70. The number of carbonyl (C=O) groups is 2. The number of halogens is 2. The quantitative estimate of drug-likeness (QED) is 0.678. The van der Waals surface area contributed by atoms with Crippen molar-refractivity contribution in [3.05, 3.63) is 64.7 Å². The molecule has 1 saturated heterocycles. The topological polar surface area (TPSA) is 78.7 Å². The molecular formula is C24H30Cl2N4O2. The summed E-state index contributed by atoms with van der Waals surface area (Å²) in [5.41, 5.74) is 8.77. The molecule has 3 amide bonds. The summed E-state index contributed by atoms with van der Waals surface area (Å²) in [5.74, 6) is -0.133. The number of benzene rings is 2. The standard InChI is InChI=1S/C24H29ClN4O2.ClH/c1-27-22(30)17-5-7-20(8-6-17)28-13-14-29(23(28)31)21-9-11-24(16-26,12-10-21)18-3-2-4-19(25)15-18;/h2-8,15,21H,9-14,16,26H2,1H3,(H,27,30);1H/t21-,24+;. The highest BCUT2D eigenvalue weighted by molar-refractivity contribution is 6.30. The van der Waals surface area contributed by atoms with Crippen LogP contribution < -0.4 is 16.0 Å². The maximum Gasteiger partial charge on any atom is 0.324 e. The first-order chi connectivity index (χ1) is 15.0. The van der Waals surface area contributed by atoms with Gasteiger partial charge in [0.1, 0.15) is 0 Å². The zero-order chi connectivity index (χ0) is 22.0. The molecule has 2 aromatic rings. The molecule has 1 saturated carbocycles. The summed E-state index contributed by atoms with van der Waals surface area (Å²) in [5, 5.41) is 3.35. The van der Waals surface area contributed by atoms with Gasteiger partial charge < -0.3 is 16.0 Å². The van der Waals surface area contributed by atoms with Crippen LogP contribution in [0.5, 0.6) is 0 Å². The van der Waals surface area contributed by atoms with E-state index < -0.39 is 0 Å². The number of rotatable bonds is 5. The molecule has 0 unspecified atom stereocenters. The second kappa shape index (κ2) is 10.1. The minimum atomic E-state index is -0.133. The lowest BCUT2D eigenvalue weighted by Gasteiger charge is -2.42. The van der Waals surface area contributed by atoms with Crippen molar-refractivity contribution in [3.63, 3.8) is 0 Å². The lowest BCUT2D eigenvalue weighted by Crippen LogP contribution is -2.46. The first-order valence-electron chi connectivity index (χ1n) is 10.8. The largest absolute Gasteiger partial charge is 0.355 e. The smallest absolute Gasteiger partial charge is 0.324 e. The van der Waals surface area contributed by atoms with Gasteiger partial charge in [-0.2, -0.15) is 0 Å². The van der Waals surface area contributed by atoms with Crippen LogP contribution in [-0.4, -0.2) is 49.6 Å². The molecule has 1 aliphatic carbocycles. The van der Waals surface area contributed by atoms with Crippen LogP contribution in [0, 0.1) is 0 Å². The molecule has 6 nitrogen and oxygen atoms in total. The fourth-order valence-electron chi connectivity index (χ4n) is 4.97. The Balaban J connectivity index is 0.00000289. The monoisotopic (exact) mass is 476 g/mol. The second-order valence-corrected chi connectivity index (χ2v) is 8.92. The summed E-state index contributed by atoms with van der Waals surface area (Å²) in [4.78, 5) is 28.7. The zero-order valence-corrected chi connectivity index (χ0v) is 19.8. The molecule has 172 valence electrons. The van der Waals surface area contributed by atoms with E-state index in [1.807, 2.05) is 35.2 Å². The summed E-state index contributed by atoms with van der Waals surface area (Å²) < 4.78 is 0. The normalized spacial score (nSPS) is 23.1. The van der Waals surface area contributed by atoms with Crippen LogP contribution in [0.15, 0.2) is 48.5 Å². The van der Waals surface area contributed by atoms with E-state index in [0.717, 1.165) is 36.4 Å². The Labute approximate surface area is 200 Å². The van der Waals surface area contributed by atoms with E-state index in [0.29, 0.717) is 25.2 Å². The highest BCUT2D eigenvalue weighted by Gasteiger charge is 2.41. The van der Waals surface area contributed by atoms with Gasteiger partial charge in [0, 0.05) is 54.4 Å². The third-order valence-electron chi connectivity index (χ3n) is 6.89. The van der Waals surface area contributed by atoms with E-state index in [1.165, 1.54) is 5.56 Å². The highest BCUT2D eigenvalue weighted by Crippen LogP contribution is 2.41. The first kappa shape index (κ1) is 24.4. The molecule has 0 spiro atoms. The fourth-order valence-corrected chi connectivity index (χ4v) is 5.16. The van der Waals surface area contributed by atoms with E-state index >= 15 is 0 Å². The number of hydrogen-bond acceptors (Lipinski definition) is 3. The van der Waals surface area contributed by atoms with Crippen molar-refractivity contribution >= 4 is 41.6 Å². The van der Waals surface area contributed by atoms with Gasteiger partial charge in [-0.1, -0.05) is 23.7 Å². The summed E-state index contributed by atoms with van der Waals surface area (Å²) in [6.07, 6.45) is 3.75. The average Bonchev–Trinajstić information content (AvgIpc) is 3.20. The van der Waals surface area contributed by atoms with Crippen molar-refractivity contribution in [1.82, 2.24) is 10.2 Å². The number of hydrogen-bond donors (Lipinski definition) is 2. The van der Waals surface area contributed by atoms with E-state index in [2.05, 4.69) is 11.4 Å². The minimum absolute atomic E-state index is 0. The van der Waals surface area contributed by atoms with Gasteiger partial charge in [-0.05, 0) is 67.6 Å². The fraction of sp³-hybridized carbons (Fsp3) is 0.417. The van der Waals surface area contributed by atoms with Crippen LogP contribution >= 0.6 is 24.0 Å². The van der Waals surface area contributed by atoms with Crippen molar-refractivity contribution in [3.8, 4) is 0 Å². The maximum atomic E-state index is 13.2. The molecule has 0 atom stereocenters. The van der Waals surface area contributed by atoms with Gasteiger partial charge in [-0.25, -0.2) is 4.79 Å². The number of nitrogens with one attached hydrogen (secondary N) is 1. The Morgan fingerprint density at radius 1 is 1.16 bits per heavy atom. The summed E-state index contributed by atoms with van der Waals surface area (Å²) >= 11 is 6.22. The van der Waals surface area contributed by atoms with Crippen LogP contribution in [0.3, 0.4) is 0 Å². The Morgan fingerprint density at radius 3 is 2.44 bits per heavy atom. The molecule has 2 aliphatic rings. The third kappa shape index (κ3) is 4.58. The molecule has 0 aromatic heterocycles. The number of urea groups is 1. The van der Waals surface area contributed by atoms with Gasteiger partial charge in [0.05, 0.1) is 0 Å². The lowest BCUT2D eigenvalue weighted by atomic mass is 9.68. The van der Waals surface area contributed by atoms with E-state index in [9.17, 15) is 9.59 Å². The van der Waals surface area contributed by atoms with Crippen LogP contribution in [0.25, 0.3) is 0 Å². The van der Waals surface area contributed by atoms with Gasteiger partial charge in [-0.15, -0.1) is 12.4 Å². The second-order valence-electron chi connectivity index (χ2n) is 8.48. The van der Waals surface area contributed by atoms with Crippen LogP contribution in [-0.2, 0) is 5.41 Å². The molecule has 2 aromatic carbocycles. The molecular weight excluding hydrogens is 447 g/mol. The molecule has 2 fully saturated rings. The predicted molar refractivity (Wildman–Crippen MR) is 131 cm³/mol. The van der Waals surface area contributed by atoms with E-state index in [1.54, 1.807) is 24.1 Å². The molecule has 1 aliphatic heterocycles. The number of carbonyl (C=O) groups excluding carboxylic acids is 2. The maximum absolute atomic E-state index is 13.2. The number of anilines is 1. The van der Waals surface area contributed by atoms with Crippen molar-refractivity contribution in [2.45, 2.75) is 37.1 Å². The van der Waals surface area contributed by atoms with Crippen molar-refractivity contribution in [1.29, 1.82) is 0 Å². The lowest BCUT2D eigenvalue weighted by molar-refractivity contribution is 0.0963.